The van der Waals surface area contributed by atoms with E-state index >= 15 is 0 Å². The predicted octanol–water partition coefficient (Wildman–Crippen LogP) is 2.22. The summed E-state index contributed by atoms with van der Waals surface area (Å²) in [7, 11) is 0. The molecule has 1 aromatic rings. The molecule has 98 valence electrons. The Kier molecular flexibility index (Phi) is 3.71. The summed E-state index contributed by atoms with van der Waals surface area (Å²) in [5.41, 5.74) is 5.73. The number of hydrogen-bond donors (Lipinski definition) is 3. The van der Waals surface area contributed by atoms with Crippen LogP contribution in [0.3, 0.4) is 0 Å². The standard InChI is InChI=1S/C12H14Cl2N2O2/c13-9-5-7(15)4-8(10(9)14)11(18)16-12(6-17)2-1-3-12/h4-5,17H,1-3,6,15H2,(H,16,18). The van der Waals surface area contributed by atoms with Crippen LogP contribution in [0.25, 0.3) is 0 Å². The average Bonchev–Trinajstić information content (AvgIpc) is 2.28. The van der Waals surface area contributed by atoms with Crippen molar-refractivity contribution in [3.8, 4) is 0 Å². The fourth-order valence-corrected chi connectivity index (χ4v) is 2.43. The first kappa shape index (κ1) is 13.5. The Morgan fingerprint density at radius 2 is 2.11 bits per heavy atom. The zero-order chi connectivity index (χ0) is 13.3. The minimum atomic E-state index is -0.516. The molecule has 1 aliphatic carbocycles. The molecule has 0 bridgehead atoms. The highest BCUT2D eigenvalue weighted by atomic mass is 35.5. The van der Waals surface area contributed by atoms with E-state index < -0.39 is 5.54 Å². The maximum absolute atomic E-state index is 12.1. The summed E-state index contributed by atoms with van der Waals surface area (Å²) in [5, 5.41) is 12.5. The van der Waals surface area contributed by atoms with Gasteiger partial charge in [-0.05, 0) is 31.4 Å². The Balaban J connectivity index is 2.24. The van der Waals surface area contributed by atoms with Crippen LogP contribution in [0.1, 0.15) is 29.6 Å². The molecule has 1 saturated carbocycles. The molecule has 0 unspecified atom stereocenters. The summed E-state index contributed by atoms with van der Waals surface area (Å²) >= 11 is 11.9. The quantitative estimate of drug-likeness (QED) is 0.747. The van der Waals surface area contributed by atoms with Gasteiger partial charge in [0.25, 0.3) is 5.91 Å². The van der Waals surface area contributed by atoms with Crippen molar-refractivity contribution in [1.82, 2.24) is 5.32 Å². The molecule has 0 atom stereocenters. The van der Waals surface area contributed by atoms with E-state index in [0.29, 0.717) is 5.69 Å². The molecule has 1 aromatic carbocycles. The highest BCUT2D eigenvalue weighted by molar-refractivity contribution is 6.44. The van der Waals surface area contributed by atoms with Crippen LogP contribution in [0.15, 0.2) is 12.1 Å². The van der Waals surface area contributed by atoms with Gasteiger partial charge < -0.3 is 16.2 Å². The first-order chi connectivity index (χ1) is 8.47. The fourth-order valence-electron chi connectivity index (χ4n) is 2.01. The number of benzene rings is 1. The van der Waals surface area contributed by atoms with Gasteiger partial charge in [-0.3, -0.25) is 4.79 Å². The van der Waals surface area contributed by atoms with E-state index in [1.165, 1.54) is 12.1 Å². The molecule has 4 N–H and O–H groups in total. The number of nitrogens with two attached hydrogens (primary N) is 1. The Labute approximate surface area is 115 Å². The number of halogens is 2. The van der Waals surface area contributed by atoms with Gasteiger partial charge in [0.05, 0.1) is 27.8 Å². The molecule has 0 heterocycles. The number of hydrogen-bond acceptors (Lipinski definition) is 3. The van der Waals surface area contributed by atoms with Crippen molar-refractivity contribution < 1.29 is 9.90 Å². The molecule has 18 heavy (non-hydrogen) atoms. The number of anilines is 1. The number of nitrogen functional groups attached to an aromatic ring is 1. The van der Waals surface area contributed by atoms with E-state index in [1.807, 2.05) is 0 Å². The lowest BCUT2D eigenvalue weighted by molar-refractivity contribution is 0.0642. The van der Waals surface area contributed by atoms with E-state index in [0.717, 1.165) is 19.3 Å². The first-order valence-corrected chi connectivity index (χ1v) is 6.41. The third-order valence-corrected chi connectivity index (χ3v) is 4.09. The summed E-state index contributed by atoms with van der Waals surface area (Å²) in [6.45, 7) is -0.0770. The Hall–Kier alpha value is -0.970. The molecule has 1 aliphatic rings. The van der Waals surface area contributed by atoms with Crippen LogP contribution in [-0.4, -0.2) is 23.2 Å². The van der Waals surface area contributed by atoms with E-state index in [9.17, 15) is 9.90 Å². The zero-order valence-corrected chi connectivity index (χ0v) is 11.2. The topological polar surface area (TPSA) is 75.4 Å². The largest absolute Gasteiger partial charge is 0.399 e. The summed E-state index contributed by atoms with van der Waals surface area (Å²) in [6, 6.07) is 2.97. The average molecular weight is 289 g/mol. The smallest absolute Gasteiger partial charge is 0.253 e. The van der Waals surface area contributed by atoms with E-state index in [2.05, 4.69) is 5.32 Å². The van der Waals surface area contributed by atoms with Gasteiger partial charge in [0, 0.05) is 5.69 Å². The van der Waals surface area contributed by atoms with Crippen molar-refractivity contribution in [3.63, 3.8) is 0 Å². The third kappa shape index (κ3) is 2.41. The lowest BCUT2D eigenvalue weighted by Crippen LogP contribution is -2.56. The van der Waals surface area contributed by atoms with Gasteiger partial charge >= 0.3 is 0 Å². The van der Waals surface area contributed by atoms with Crippen molar-refractivity contribution in [1.29, 1.82) is 0 Å². The van der Waals surface area contributed by atoms with Gasteiger partial charge in [0.2, 0.25) is 0 Å². The number of amides is 1. The summed E-state index contributed by atoms with van der Waals surface area (Å²) in [5.74, 6) is -0.358. The summed E-state index contributed by atoms with van der Waals surface area (Å²) < 4.78 is 0. The van der Waals surface area contributed by atoms with Crippen LogP contribution in [0.5, 0.6) is 0 Å². The predicted molar refractivity (Wildman–Crippen MR) is 72.0 cm³/mol. The van der Waals surface area contributed by atoms with Gasteiger partial charge in [0.1, 0.15) is 0 Å². The Bertz CT molecular complexity index is 482. The highest BCUT2D eigenvalue weighted by Crippen LogP contribution is 2.33. The van der Waals surface area contributed by atoms with Gasteiger partial charge in [-0.15, -0.1) is 0 Å². The number of carbonyl (C=O) groups excluding carboxylic acids is 1. The van der Waals surface area contributed by atoms with Crippen molar-refractivity contribution in [2.45, 2.75) is 24.8 Å². The maximum Gasteiger partial charge on any atom is 0.253 e. The van der Waals surface area contributed by atoms with Crippen molar-refractivity contribution in [2.75, 3.05) is 12.3 Å². The van der Waals surface area contributed by atoms with Crippen molar-refractivity contribution in [3.05, 3.63) is 27.7 Å². The van der Waals surface area contributed by atoms with Crippen LogP contribution in [0, 0.1) is 0 Å². The van der Waals surface area contributed by atoms with Crippen molar-refractivity contribution >= 4 is 34.8 Å². The van der Waals surface area contributed by atoms with Crippen LogP contribution < -0.4 is 11.1 Å². The summed E-state index contributed by atoms with van der Waals surface area (Å²) in [6.07, 6.45) is 2.53. The lowest BCUT2D eigenvalue weighted by Gasteiger charge is -2.41. The van der Waals surface area contributed by atoms with Crippen LogP contribution in [-0.2, 0) is 0 Å². The number of nitrogens with one attached hydrogen (secondary N) is 1. The molecule has 1 amide bonds. The number of rotatable bonds is 3. The molecule has 0 aromatic heterocycles. The second-order valence-electron chi connectivity index (χ2n) is 4.61. The Morgan fingerprint density at radius 1 is 1.44 bits per heavy atom. The second-order valence-corrected chi connectivity index (χ2v) is 5.40. The fraction of sp³-hybridized carbons (Fsp3) is 0.417. The minimum absolute atomic E-state index is 0.0770. The number of aliphatic hydroxyl groups excluding tert-OH is 1. The lowest BCUT2D eigenvalue weighted by atomic mass is 9.77. The summed E-state index contributed by atoms with van der Waals surface area (Å²) in [4.78, 5) is 12.1. The molecule has 6 heteroatoms. The SMILES string of the molecule is Nc1cc(Cl)c(Cl)c(C(=O)NC2(CO)CCC2)c1. The monoisotopic (exact) mass is 288 g/mol. The molecule has 0 radical (unpaired) electrons. The normalized spacial score (nSPS) is 17.1. The van der Waals surface area contributed by atoms with Crippen LogP contribution in [0.2, 0.25) is 10.0 Å². The van der Waals surface area contributed by atoms with E-state index in [-0.39, 0.29) is 28.1 Å². The molecule has 2 rings (SSSR count). The molecule has 1 fully saturated rings. The Morgan fingerprint density at radius 3 is 2.61 bits per heavy atom. The van der Waals surface area contributed by atoms with Crippen molar-refractivity contribution in [2.24, 2.45) is 0 Å². The second kappa shape index (κ2) is 4.96. The maximum atomic E-state index is 12.1. The first-order valence-electron chi connectivity index (χ1n) is 5.65. The van der Waals surface area contributed by atoms with Gasteiger partial charge in [-0.2, -0.15) is 0 Å². The van der Waals surface area contributed by atoms with E-state index in [1.54, 1.807) is 0 Å². The van der Waals surface area contributed by atoms with Crippen LogP contribution in [0.4, 0.5) is 5.69 Å². The number of aliphatic hydroxyl groups is 1. The highest BCUT2D eigenvalue weighted by Gasteiger charge is 2.38. The molecular weight excluding hydrogens is 275 g/mol. The van der Waals surface area contributed by atoms with E-state index in [4.69, 9.17) is 28.9 Å². The van der Waals surface area contributed by atoms with Gasteiger partial charge in [-0.25, -0.2) is 0 Å². The molecular formula is C12H14Cl2N2O2. The molecule has 0 aliphatic heterocycles. The molecule has 0 spiro atoms. The van der Waals surface area contributed by atoms with Gasteiger partial charge in [0.15, 0.2) is 0 Å². The van der Waals surface area contributed by atoms with Gasteiger partial charge in [-0.1, -0.05) is 23.2 Å². The molecule has 4 nitrogen and oxygen atoms in total. The van der Waals surface area contributed by atoms with Crippen LogP contribution >= 0.6 is 23.2 Å². The third-order valence-electron chi connectivity index (χ3n) is 3.29. The minimum Gasteiger partial charge on any atom is -0.399 e. The molecule has 0 saturated heterocycles. The number of carbonyl (C=O) groups is 1. The zero-order valence-electron chi connectivity index (χ0n) is 9.67.